The third-order valence-electron chi connectivity index (χ3n) is 3.28. The van der Waals surface area contributed by atoms with E-state index in [1.54, 1.807) is 6.07 Å². The smallest absolute Gasteiger partial charge is 0.123 e. The van der Waals surface area contributed by atoms with Crippen LogP contribution in [0.3, 0.4) is 0 Å². The van der Waals surface area contributed by atoms with E-state index < -0.39 is 0 Å². The van der Waals surface area contributed by atoms with Crippen LogP contribution in [0, 0.1) is 19.7 Å². The van der Waals surface area contributed by atoms with E-state index in [1.807, 2.05) is 6.92 Å². The molecule has 0 spiro atoms. The Morgan fingerprint density at radius 2 is 1.89 bits per heavy atom. The van der Waals surface area contributed by atoms with Gasteiger partial charge in [0.1, 0.15) is 5.82 Å². The SMILES string of the molecule is Cc1ccc(C)c(C(N)Cc2cc(F)ccc2Br)c1. The van der Waals surface area contributed by atoms with Crippen LogP contribution >= 0.6 is 15.9 Å². The first-order valence-electron chi connectivity index (χ1n) is 6.24. The zero-order valence-corrected chi connectivity index (χ0v) is 12.7. The van der Waals surface area contributed by atoms with Gasteiger partial charge in [0.2, 0.25) is 0 Å². The Hall–Kier alpha value is -1.19. The Morgan fingerprint density at radius 3 is 2.63 bits per heavy atom. The van der Waals surface area contributed by atoms with Gasteiger partial charge in [0.25, 0.3) is 0 Å². The van der Waals surface area contributed by atoms with Crippen molar-refractivity contribution in [3.63, 3.8) is 0 Å². The van der Waals surface area contributed by atoms with Crippen molar-refractivity contribution in [3.05, 3.63) is 68.9 Å². The first-order valence-corrected chi connectivity index (χ1v) is 7.03. The molecule has 0 aliphatic rings. The van der Waals surface area contributed by atoms with Gasteiger partial charge >= 0.3 is 0 Å². The summed E-state index contributed by atoms with van der Waals surface area (Å²) >= 11 is 3.44. The van der Waals surface area contributed by atoms with Crippen molar-refractivity contribution < 1.29 is 4.39 Å². The van der Waals surface area contributed by atoms with Gasteiger partial charge in [0.05, 0.1) is 0 Å². The summed E-state index contributed by atoms with van der Waals surface area (Å²) in [6.07, 6.45) is 0.614. The maximum atomic E-state index is 13.3. The lowest BCUT2D eigenvalue weighted by molar-refractivity contribution is 0.621. The number of benzene rings is 2. The molecule has 0 heterocycles. The summed E-state index contributed by atoms with van der Waals surface area (Å²) in [5, 5.41) is 0. The van der Waals surface area contributed by atoms with Crippen molar-refractivity contribution in [2.24, 2.45) is 5.73 Å². The van der Waals surface area contributed by atoms with Crippen LogP contribution in [0.5, 0.6) is 0 Å². The molecule has 0 saturated heterocycles. The second-order valence-corrected chi connectivity index (χ2v) is 5.76. The molecule has 0 aromatic heterocycles. The van der Waals surface area contributed by atoms with Gasteiger partial charge in [-0.15, -0.1) is 0 Å². The van der Waals surface area contributed by atoms with Gasteiger partial charge in [-0.3, -0.25) is 0 Å². The highest BCUT2D eigenvalue weighted by Gasteiger charge is 2.12. The Kier molecular flexibility index (Phi) is 4.38. The van der Waals surface area contributed by atoms with E-state index >= 15 is 0 Å². The highest BCUT2D eigenvalue weighted by molar-refractivity contribution is 9.10. The molecule has 1 atom stereocenters. The summed E-state index contributed by atoms with van der Waals surface area (Å²) in [6.45, 7) is 4.10. The van der Waals surface area contributed by atoms with Gasteiger partial charge in [-0.2, -0.15) is 0 Å². The Labute approximate surface area is 121 Å². The molecule has 0 saturated carbocycles. The largest absolute Gasteiger partial charge is 0.324 e. The van der Waals surface area contributed by atoms with Crippen molar-refractivity contribution in [1.29, 1.82) is 0 Å². The molecular weight excluding hydrogens is 305 g/mol. The van der Waals surface area contributed by atoms with Gasteiger partial charge in [-0.05, 0) is 55.2 Å². The van der Waals surface area contributed by atoms with Gasteiger partial charge in [0, 0.05) is 10.5 Å². The van der Waals surface area contributed by atoms with Crippen LogP contribution in [0.25, 0.3) is 0 Å². The van der Waals surface area contributed by atoms with E-state index in [0.29, 0.717) is 6.42 Å². The molecule has 0 amide bonds. The minimum absolute atomic E-state index is 0.127. The maximum absolute atomic E-state index is 13.3. The highest BCUT2D eigenvalue weighted by atomic mass is 79.9. The third kappa shape index (κ3) is 3.43. The fourth-order valence-electron chi connectivity index (χ4n) is 2.21. The number of halogens is 2. The highest BCUT2D eigenvalue weighted by Crippen LogP contribution is 2.25. The summed E-state index contributed by atoms with van der Waals surface area (Å²) in [4.78, 5) is 0. The molecule has 0 bridgehead atoms. The summed E-state index contributed by atoms with van der Waals surface area (Å²) in [5.74, 6) is -0.230. The van der Waals surface area contributed by atoms with Gasteiger partial charge in [0.15, 0.2) is 0 Å². The molecule has 0 fully saturated rings. The molecule has 19 heavy (non-hydrogen) atoms. The Bertz CT molecular complexity index is 595. The maximum Gasteiger partial charge on any atom is 0.123 e. The molecule has 2 rings (SSSR count). The van der Waals surface area contributed by atoms with Crippen LogP contribution in [-0.4, -0.2) is 0 Å². The van der Waals surface area contributed by atoms with Crippen LogP contribution in [0.1, 0.15) is 28.3 Å². The second-order valence-electron chi connectivity index (χ2n) is 4.91. The number of rotatable bonds is 3. The van der Waals surface area contributed by atoms with Gasteiger partial charge < -0.3 is 5.73 Å². The van der Waals surface area contributed by atoms with Crippen molar-refractivity contribution in [1.82, 2.24) is 0 Å². The summed E-state index contributed by atoms with van der Waals surface area (Å²) < 4.78 is 14.2. The fraction of sp³-hybridized carbons (Fsp3) is 0.250. The molecule has 2 aromatic carbocycles. The lowest BCUT2D eigenvalue weighted by Crippen LogP contribution is -2.15. The second kappa shape index (κ2) is 5.85. The molecule has 2 aromatic rings. The number of nitrogens with two attached hydrogens (primary N) is 1. The quantitative estimate of drug-likeness (QED) is 0.888. The van der Waals surface area contributed by atoms with Crippen LogP contribution in [0.15, 0.2) is 40.9 Å². The van der Waals surface area contributed by atoms with E-state index in [1.165, 1.54) is 23.3 Å². The monoisotopic (exact) mass is 321 g/mol. The van der Waals surface area contributed by atoms with Crippen molar-refractivity contribution >= 4 is 15.9 Å². The first-order chi connectivity index (χ1) is 8.97. The van der Waals surface area contributed by atoms with Crippen LogP contribution in [-0.2, 0) is 6.42 Å². The van der Waals surface area contributed by atoms with Gasteiger partial charge in [-0.25, -0.2) is 4.39 Å². The fourth-order valence-corrected chi connectivity index (χ4v) is 2.61. The molecule has 0 radical (unpaired) electrons. The average Bonchev–Trinajstić information content (AvgIpc) is 2.36. The Balaban J connectivity index is 2.27. The molecule has 0 aliphatic carbocycles. The standard InChI is InChI=1S/C16H17BrFN/c1-10-3-4-11(2)14(7-10)16(19)9-12-8-13(18)5-6-15(12)17/h3-8,16H,9,19H2,1-2H3. The zero-order valence-electron chi connectivity index (χ0n) is 11.1. The molecule has 0 aliphatic heterocycles. The van der Waals surface area contributed by atoms with Crippen molar-refractivity contribution in [2.75, 3.05) is 0 Å². The van der Waals surface area contributed by atoms with E-state index in [-0.39, 0.29) is 11.9 Å². The minimum Gasteiger partial charge on any atom is -0.324 e. The van der Waals surface area contributed by atoms with Crippen LogP contribution in [0.2, 0.25) is 0 Å². The van der Waals surface area contributed by atoms with Crippen molar-refractivity contribution in [3.8, 4) is 0 Å². The number of hydrogen-bond donors (Lipinski definition) is 1. The molecule has 1 unspecified atom stereocenters. The third-order valence-corrected chi connectivity index (χ3v) is 4.06. The Morgan fingerprint density at radius 1 is 1.16 bits per heavy atom. The molecule has 1 nitrogen and oxygen atoms in total. The van der Waals surface area contributed by atoms with Crippen LogP contribution < -0.4 is 5.73 Å². The predicted octanol–water partition coefficient (Wildman–Crippen LogP) is 4.45. The first kappa shape index (κ1) is 14.2. The normalized spacial score (nSPS) is 12.5. The lowest BCUT2D eigenvalue weighted by atomic mass is 9.94. The average molecular weight is 322 g/mol. The van der Waals surface area contributed by atoms with E-state index in [2.05, 4.69) is 41.1 Å². The summed E-state index contributed by atoms with van der Waals surface area (Å²) in [5.41, 5.74) is 10.7. The molecular formula is C16H17BrFN. The summed E-state index contributed by atoms with van der Waals surface area (Å²) in [7, 11) is 0. The van der Waals surface area contributed by atoms with E-state index in [9.17, 15) is 4.39 Å². The summed E-state index contributed by atoms with van der Waals surface area (Å²) in [6, 6.07) is 10.8. The van der Waals surface area contributed by atoms with E-state index in [4.69, 9.17) is 5.73 Å². The number of hydrogen-bond acceptors (Lipinski definition) is 1. The zero-order chi connectivity index (χ0) is 14.0. The molecule has 100 valence electrons. The minimum atomic E-state index is -0.230. The number of aryl methyl sites for hydroxylation is 2. The molecule has 2 N–H and O–H groups in total. The molecule has 3 heteroatoms. The topological polar surface area (TPSA) is 26.0 Å². The lowest BCUT2D eigenvalue weighted by Gasteiger charge is -2.16. The van der Waals surface area contributed by atoms with Gasteiger partial charge in [-0.1, -0.05) is 39.7 Å². The van der Waals surface area contributed by atoms with Crippen molar-refractivity contribution in [2.45, 2.75) is 26.3 Å². The predicted molar refractivity (Wildman–Crippen MR) is 80.6 cm³/mol. The van der Waals surface area contributed by atoms with E-state index in [0.717, 1.165) is 15.6 Å². The van der Waals surface area contributed by atoms with Crippen LogP contribution in [0.4, 0.5) is 4.39 Å².